The van der Waals surface area contributed by atoms with Crippen molar-refractivity contribution >= 4 is 6.03 Å². The molecule has 3 aliphatic rings. The third-order valence-corrected chi connectivity index (χ3v) is 2.82. The van der Waals surface area contributed by atoms with Gasteiger partial charge in [-0.1, -0.05) is 0 Å². The summed E-state index contributed by atoms with van der Waals surface area (Å²) in [5.41, 5.74) is 0. The highest BCUT2D eigenvalue weighted by Crippen LogP contribution is 2.16. The van der Waals surface area contributed by atoms with Crippen LogP contribution in [0.3, 0.4) is 0 Å². The van der Waals surface area contributed by atoms with Crippen molar-refractivity contribution in [3.63, 3.8) is 0 Å². The number of amides is 2. The molecule has 0 aliphatic carbocycles. The number of carbonyl (C=O) groups excluding carboxylic acids is 1. The Hall–Kier alpha value is -0.850. The van der Waals surface area contributed by atoms with Gasteiger partial charge in [0.2, 0.25) is 0 Å². The Kier molecular flexibility index (Phi) is 2.70. The summed E-state index contributed by atoms with van der Waals surface area (Å²) in [6.07, 6.45) is 0.670. The minimum Gasteiger partial charge on any atom is -0.371 e. The first-order chi connectivity index (χ1) is 7.81. The Morgan fingerprint density at radius 2 is 1.56 bits per heavy atom. The predicted molar refractivity (Wildman–Crippen MR) is 54.2 cm³/mol. The van der Waals surface area contributed by atoms with Crippen LogP contribution >= 0.6 is 0 Å². The highest BCUT2D eigenvalue weighted by Gasteiger charge is 2.33. The Balaban J connectivity index is 1.45. The number of hydrogen-bond acceptors (Lipinski definition) is 4. The molecule has 0 aromatic rings. The number of carbonyl (C=O) groups is 1. The van der Waals surface area contributed by atoms with Crippen LogP contribution in [-0.2, 0) is 14.2 Å². The fourth-order valence-electron chi connectivity index (χ4n) is 1.58. The molecular weight excluding hydrogens is 212 g/mol. The highest BCUT2D eigenvalue weighted by molar-refractivity contribution is 5.74. The maximum absolute atomic E-state index is 11.9. The third-order valence-electron chi connectivity index (χ3n) is 2.82. The number of ether oxygens (including phenoxy) is 3. The van der Waals surface area contributed by atoms with Crippen LogP contribution in [0.2, 0.25) is 0 Å². The molecule has 1 N–H and O–H groups in total. The maximum atomic E-state index is 11.9. The molecule has 3 fully saturated rings. The van der Waals surface area contributed by atoms with Gasteiger partial charge in [0, 0.05) is 6.54 Å². The van der Waals surface area contributed by atoms with Crippen molar-refractivity contribution in [3.05, 3.63) is 0 Å². The van der Waals surface area contributed by atoms with E-state index >= 15 is 0 Å². The molecule has 0 radical (unpaired) electrons. The summed E-state index contributed by atoms with van der Waals surface area (Å²) in [6.45, 7) is 4.22. The number of nitrogens with zero attached hydrogens (tertiary/aromatic N) is 1. The molecule has 0 aromatic heterocycles. The summed E-state index contributed by atoms with van der Waals surface area (Å²) >= 11 is 0. The van der Waals surface area contributed by atoms with Crippen molar-refractivity contribution in [2.24, 2.45) is 0 Å². The zero-order valence-electron chi connectivity index (χ0n) is 9.05. The van der Waals surface area contributed by atoms with Crippen LogP contribution in [-0.4, -0.2) is 68.7 Å². The van der Waals surface area contributed by atoms with Gasteiger partial charge in [0.15, 0.2) is 0 Å². The lowest BCUT2D eigenvalue weighted by molar-refractivity contribution is 0.184. The first kappa shape index (κ1) is 10.3. The molecule has 6 nitrogen and oxygen atoms in total. The van der Waals surface area contributed by atoms with Gasteiger partial charge in [-0.05, 0) is 0 Å². The molecule has 0 spiro atoms. The fourth-order valence-corrected chi connectivity index (χ4v) is 1.58. The van der Waals surface area contributed by atoms with Gasteiger partial charge < -0.3 is 24.4 Å². The second-order valence-corrected chi connectivity index (χ2v) is 4.46. The number of urea groups is 1. The molecule has 6 heteroatoms. The van der Waals surface area contributed by atoms with Crippen molar-refractivity contribution in [2.45, 2.75) is 18.3 Å². The smallest absolute Gasteiger partial charge is 0.317 e. The lowest BCUT2D eigenvalue weighted by Gasteiger charge is -2.21. The van der Waals surface area contributed by atoms with E-state index in [1.807, 2.05) is 0 Å². The van der Waals surface area contributed by atoms with E-state index in [1.54, 1.807) is 4.90 Å². The van der Waals surface area contributed by atoms with Gasteiger partial charge in [-0.3, -0.25) is 0 Å². The average molecular weight is 228 g/mol. The molecule has 3 saturated heterocycles. The molecule has 0 aromatic carbocycles. The maximum Gasteiger partial charge on any atom is 0.317 e. The van der Waals surface area contributed by atoms with E-state index in [0.717, 1.165) is 19.8 Å². The average Bonchev–Trinajstić information content (AvgIpc) is 3.14. The van der Waals surface area contributed by atoms with Gasteiger partial charge >= 0.3 is 6.03 Å². The first-order valence-electron chi connectivity index (χ1n) is 5.69. The summed E-state index contributed by atoms with van der Waals surface area (Å²) in [5.74, 6) is 0. The number of rotatable bonds is 6. The minimum absolute atomic E-state index is 0.0403. The molecule has 16 heavy (non-hydrogen) atoms. The molecule has 3 aliphatic heterocycles. The van der Waals surface area contributed by atoms with Crippen LogP contribution in [0, 0.1) is 0 Å². The topological polar surface area (TPSA) is 69.9 Å². The fraction of sp³-hybridized carbons (Fsp3) is 0.900. The predicted octanol–water partition coefficient (Wildman–Crippen LogP) is -0.806. The van der Waals surface area contributed by atoms with E-state index in [4.69, 9.17) is 14.2 Å². The van der Waals surface area contributed by atoms with Gasteiger partial charge in [0.1, 0.15) is 0 Å². The lowest BCUT2D eigenvalue weighted by atomic mass is 10.3. The van der Waals surface area contributed by atoms with E-state index in [0.29, 0.717) is 19.6 Å². The van der Waals surface area contributed by atoms with Crippen LogP contribution in [0.4, 0.5) is 4.79 Å². The van der Waals surface area contributed by atoms with E-state index in [1.165, 1.54) is 0 Å². The minimum atomic E-state index is -0.0403. The molecule has 3 rings (SSSR count). The monoisotopic (exact) mass is 228 g/mol. The number of nitrogens with one attached hydrogen (secondary N) is 1. The largest absolute Gasteiger partial charge is 0.371 e. The standard InChI is InChI=1S/C10H16N2O4/c13-10(11-1-7-4-14-7)12(2-8-5-15-8)3-9-6-16-9/h7-9H,1-6H2,(H,11,13). The first-order valence-corrected chi connectivity index (χ1v) is 5.69. The van der Waals surface area contributed by atoms with Gasteiger partial charge in [-0.15, -0.1) is 0 Å². The van der Waals surface area contributed by atoms with E-state index < -0.39 is 0 Å². The Morgan fingerprint density at radius 1 is 1.06 bits per heavy atom. The van der Waals surface area contributed by atoms with Crippen molar-refractivity contribution in [2.75, 3.05) is 39.5 Å². The second kappa shape index (κ2) is 4.20. The van der Waals surface area contributed by atoms with Crippen molar-refractivity contribution in [3.8, 4) is 0 Å². The van der Waals surface area contributed by atoms with Gasteiger partial charge in [-0.2, -0.15) is 0 Å². The molecule has 0 bridgehead atoms. The van der Waals surface area contributed by atoms with Crippen molar-refractivity contribution < 1.29 is 19.0 Å². The van der Waals surface area contributed by atoms with Crippen molar-refractivity contribution in [1.82, 2.24) is 10.2 Å². The van der Waals surface area contributed by atoms with E-state index in [2.05, 4.69) is 5.32 Å². The van der Waals surface area contributed by atoms with E-state index in [-0.39, 0.29) is 24.3 Å². The summed E-state index contributed by atoms with van der Waals surface area (Å²) in [6, 6.07) is -0.0403. The van der Waals surface area contributed by atoms with Crippen LogP contribution < -0.4 is 5.32 Å². The van der Waals surface area contributed by atoms with Gasteiger partial charge in [0.25, 0.3) is 0 Å². The Morgan fingerprint density at radius 3 is 2.00 bits per heavy atom. The zero-order chi connectivity index (χ0) is 11.0. The molecule has 3 unspecified atom stereocenters. The van der Waals surface area contributed by atoms with Gasteiger partial charge in [-0.25, -0.2) is 4.79 Å². The number of epoxide rings is 3. The third kappa shape index (κ3) is 3.07. The van der Waals surface area contributed by atoms with Crippen LogP contribution in [0.15, 0.2) is 0 Å². The summed E-state index contributed by atoms with van der Waals surface area (Å²) in [5, 5.41) is 2.86. The SMILES string of the molecule is O=C(NCC1CO1)N(CC1CO1)CC1CO1. The van der Waals surface area contributed by atoms with E-state index in [9.17, 15) is 4.79 Å². The second-order valence-electron chi connectivity index (χ2n) is 4.46. The van der Waals surface area contributed by atoms with Crippen LogP contribution in [0.5, 0.6) is 0 Å². The summed E-state index contributed by atoms with van der Waals surface area (Å²) in [4.78, 5) is 13.6. The molecule has 2 amide bonds. The lowest BCUT2D eigenvalue weighted by Crippen LogP contribution is -2.45. The molecule has 0 saturated carbocycles. The molecule has 3 atom stereocenters. The van der Waals surface area contributed by atoms with Crippen molar-refractivity contribution in [1.29, 1.82) is 0 Å². The molecular formula is C10H16N2O4. The van der Waals surface area contributed by atoms with Gasteiger partial charge in [0.05, 0.1) is 51.2 Å². The molecule has 90 valence electrons. The Bertz CT molecular complexity index is 260. The Labute approximate surface area is 93.8 Å². The highest BCUT2D eigenvalue weighted by atomic mass is 16.6. The summed E-state index contributed by atoms with van der Waals surface area (Å²) in [7, 11) is 0. The number of hydrogen-bond donors (Lipinski definition) is 1. The quantitative estimate of drug-likeness (QED) is 0.604. The van der Waals surface area contributed by atoms with Crippen LogP contribution in [0.1, 0.15) is 0 Å². The zero-order valence-corrected chi connectivity index (χ0v) is 9.05. The van der Waals surface area contributed by atoms with Crippen LogP contribution in [0.25, 0.3) is 0 Å². The summed E-state index contributed by atoms with van der Waals surface area (Å²) < 4.78 is 15.3. The normalized spacial score (nSPS) is 34.4. The molecule has 3 heterocycles.